The summed E-state index contributed by atoms with van der Waals surface area (Å²) in [5.41, 5.74) is -2.44. The number of carboxylic acids is 1. The van der Waals surface area contributed by atoms with E-state index in [1.165, 1.54) is 129 Å². The van der Waals surface area contributed by atoms with E-state index in [0.29, 0.717) is 19.3 Å². The first-order valence-electron chi connectivity index (χ1n) is 27.3. The number of Topliss-reactive ketones (excluding diaryl/α,β-unsaturated/α-hetero) is 2. The minimum atomic E-state index is -2.44. The molecular formula is C57H106BiNO5. The molecule has 0 aliphatic carbocycles. The fraction of sp³-hybridized carbons (Fsp3) is 0.825. The molecular weight excluding hydrogens is 988 g/mol. The molecule has 0 rings (SSSR count). The molecule has 374 valence electrons. The number of allylic oxidation sites excluding steroid dienone is 6. The molecule has 0 aromatic heterocycles. The van der Waals surface area contributed by atoms with Crippen LogP contribution in [0.3, 0.4) is 0 Å². The summed E-state index contributed by atoms with van der Waals surface area (Å²) in [7, 11) is 1.38. The number of amides is 1. The third kappa shape index (κ3) is 35.6. The van der Waals surface area contributed by atoms with E-state index in [0.717, 1.165) is 114 Å². The Balaban J connectivity index is 0. The zero-order chi connectivity index (χ0) is 46.3. The molecule has 1 N–H and O–H groups in total. The zero-order valence-electron chi connectivity index (χ0n) is 42.9. The first-order valence-corrected chi connectivity index (χ1v) is 27.3. The van der Waals surface area contributed by atoms with Gasteiger partial charge >= 0.3 is 32.2 Å². The van der Waals surface area contributed by atoms with Crippen molar-refractivity contribution in [2.45, 2.75) is 296 Å². The Kier molecular flexibility index (Phi) is 49.7. The van der Waals surface area contributed by atoms with E-state index < -0.39 is 29.0 Å². The average Bonchev–Trinajstić information content (AvgIpc) is 3.27. The summed E-state index contributed by atoms with van der Waals surface area (Å²) in [5.74, 6) is -3.19. The fourth-order valence-corrected chi connectivity index (χ4v) is 8.69. The van der Waals surface area contributed by atoms with Crippen LogP contribution in [0.25, 0.3) is 0 Å². The van der Waals surface area contributed by atoms with Crippen LogP contribution in [0.1, 0.15) is 290 Å². The quantitative estimate of drug-likeness (QED) is 0.0284. The van der Waals surface area contributed by atoms with Gasteiger partial charge in [-0.2, -0.15) is 0 Å². The van der Waals surface area contributed by atoms with Crippen LogP contribution in [0.5, 0.6) is 0 Å². The van der Waals surface area contributed by atoms with E-state index in [4.69, 9.17) is 0 Å². The Morgan fingerprint density at radius 3 is 0.828 bits per heavy atom. The Morgan fingerprint density at radius 2 is 0.578 bits per heavy atom. The van der Waals surface area contributed by atoms with Gasteiger partial charge in [-0.05, 0) is 96.3 Å². The van der Waals surface area contributed by atoms with Gasteiger partial charge in [-0.15, -0.1) is 0 Å². The molecule has 7 heteroatoms. The molecule has 0 aliphatic heterocycles. The van der Waals surface area contributed by atoms with Crippen molar-refractivity contribution in [3.63, 3.8) is 0 Å². The molecule has 0 fully saturated rings. The van der Waals surface area contributed by atoms with Crippen LogP contribution in [-0.4, -0.2) is 72.2 Å². The average molecular weight is 1090 g/mol. The molecule has 0 aromatic carbocycles. The predicted molar refractivity (Wildman–Crippen MR) is 281 cm³/mol. The number of carboxylic acid groups (broad SMARTS) is 1. The van der Waals surface area contributed by atoms with E-state index in [-0.39, 0.29) is 45.5 Å². The number of hydrogen-bond acceptors (Lipinski definition) is 4. The Hall–Kier alpha value is -1.62. The second kappa shape index (κ2) is 49.3. The number of nitrogens with zero attached hydrogens (tertiary/aromatic N) is 1. The van der Waals surface area contributed by atoms with Crippen molar-refractivity contribution in [1.82, 2.24) is 4.90 Å². The van der Waals surface area contributed by atoms with E-state index >= 15 is 0 Å². The van der Waals surface area contributed by atoms with Crippen LogP contribution in [0.15, 0.2) is 36.5 Å². The van der Waals surface area contributed by atoms with E-state index in [1.807, 2.05) is 0 Å². The van der Waals surface area contributed by atoms with Crippen molar-refractivity contribution in [1.29, 1.82) is 0 Å². The van der Waals surface area contributed by atoms with Crippen LogP contribution >= 0.6 is 0 Å². The number of likely N-dealkylation sites (N-methyl/N-ethyl adjacent to an activating group) is 1. The Labute approximate surface area is 416 Å². The summed E-state index contributed by atoms with van der Waals surface area (Å²) in [6.45, 7) is 6.75. The predicted octanol–water partition coefficient (Wildman–Crippen LogP) is 16.3. The number of unbranched alkanes of at least 4 members (excludes halogenated alkanes) is 33. The molecule has 0 aromatic rings. The summed E-state index contributed by atoms with van der Waals surface area (Å²) >= 11 is 0. The molecule has 0 bridgehead atoms. The van der Waals surface area contributed by atoms with Crippen molar-refractivity contribution >= 4 is 49.6 Å². The number of rotatable bonds is 49. The molecule has 0 aliphatic rings. The van der Waals surface area contributed by atoms with Gasteiger partial charge in [0.15, 0.2) is 11.6 Å². The normalized spacial score (nSPS) is 11.9. The molecule has 0 spiro atoms. The van der Waals surface area contributed by atoms with Gasteiger partial charge in [-0.25, -0.2) is 4.79 Å². The van der Waals surface area contributed by atoms with Crippen molar-refractivity contribution in [2.75, 3.05) is 7.05 Å². The molecule has 0 saturated heterocycles. The van der Waals surface area contributed by atoms with Crippen molar-refractivity contribution in [2.24, 2.45) is 0 Å². The van der Waals surface area contributed by atoms with Crippen LogP contribution in [0.2, 0.25) is 0 Å². The van der Waals surface area contributed by atoms with E-state index in [9.17, 15) is 24.3 Å². The first-order chi connectivity index (χ1) is 30.8. The van der Waals surface area contributed by atoms with Crippen molar-refractivity contribution in [3.8, 4) is 0 Å². The maximum atomic E-state index is 14.0. The molecule has 6 nitrogen and oxygen atoms in total. The summed E-state index contributed by atoms with van der Waals surface area (Å²) < 4.78 is 0. The van der Waals surface area contributed by atoms with Gasteiger partial charge in [0, 0.05) is 26.3 Å². The number of hydrogen-bond donors (Lipinski definition) is 1. The topological polar surface area (TPSA) is 91.8 Å². The molecule has 1 amide bonds. The van der Waals surface area contributed by atoms with Crippen molar-refractivity contribution in [3.05, 3.63) is 36.5 Å². The zero-order valence-corrected chi connectivity index (χ0v) is 48.4. The monoisotopic (exact) mass is 1090 g/mol. The Bertz CT molecular complexity index is 1130. The second-order valence-corrected chi connectivity index (χ2v) is 18.8. The molecule has 0 unspecified atom stereocenters. The van der Waals surface area contributed by atoms with Gasteiger partial charge in [0.2, 0.25) is 5.91 Å². The maximum absolute atomic E-state index is 14.0. The third-order valence-electron chi connectivity index (χ3n) is 13.0. The van der Waals surface area contributed by atoms with Crippen LogP contribution < -0.4 is 0 Å². The van der Waals surface area contributed by atoms with Crippen molar-refractivity contribution < 1.29 is 24.3 Å². The van der Waals surface area contributed by atoms with Gasteiger partial charge in [-0.3, -0.25) is 14.4 Å². The number of aliphatic carboxylic acids is 1. The van der Waals surface area contributed by atoms with Gasteiger partial charge in [0.05, 0.1) is 0 Å². The van der Waals surface area contributed by atoms with Gasteiger partial charge in [0.1, 0.15) is 0 Å². The Morgan fingerprint density at radius 1 is 0.359 bits per heavy atom. The van der Waals surface area contributed by atoms with Gasteiger partial charge in [-0.1, -0.05) is 211 Å². The van der Waals surface area contributed by atoms with E-state index in [1.54, 1.807) is 0 Å². The van der Waals surface area contributed by atoms with Crippen LogP contribution in [-0.2, 0) is 19.2 Å². The minimum absolute atomic E-state index is 0. The van der Waals surface area contributed by atoms with Crippen LogP contribution in [0, 0.1) is 0 Å². The molecule has 0 atom stereocenters. The second-order valence-electron chi connectivity index (χ2n) is 18.8. The molecule has 0 radical (unpaired) electrons. The molecule has 64 heavy (non-hydrogen) atoms. The third-order valence-corrected chi connectivity index (χ3v) is 13.0. The van der Waals surface area contributed by atoms with E-state index in [2.05, 4.69) is 57.2 Å². The number of carbonyl (C=O) groups excluding carboxylic acids is 3. The standard InChI is InChI=1S/C57H103NO5.Bi.3H/c1-5-8-11-14-17-20-23-26-29-32-35-38-41-44-47-50-53(59)57(56(62)63,54(60)51-48-45-42-39-36-33-30-27-24-21-18-15-12-9-6-2)58(4)55(61)52-49-46-43-40-37-34-31-28-25-22-19-16-13-10-7-3;;;;/h26-31H,5-25,32-52H2,1-4H3,(H,62,63);;;;/b29-26-,30-27-,31-28-;;;;. The summed E-state index contributed by atoms with van der Waals surface area (Å²) in [6.07, 6.45) is 58.0. The number of ketones is 2. The fourth-order valence-electron chi connectivity index (χ4n) is 8.69. The van der Waals surface area contributed by atoms with Crippen LogP contribution in [0.4, 0.5) is 0 Å². The molecule has 0 heterocycles. The summed E-state index contributed by atoms with van der Waals surface area (Å²) in [4.78, 5) is 55.7. The van der Waals surface area contributed by atoms with Gasteiger partial charge < -0.3 is 10.0 Å². The molecule has 0 saturated carbocycles. The van der Waals surface area contributed by atoms with Gasteiger partial charge in [0.25, 0.3) is 5.54 Å². The SMILES string of the molecule is CCCCCCCC/C=C\CCCCCCCC(=O)N(C)C(C(=O)O)(C(=O)CCCCCCC/C=C\CCCCCCCC)C(=O)CCCCCCC/C=C\CCCCCCCC.[BiH3]. The summed E-state index contributed by atoms with van der Waals surface area (Å²) in [5, 5.41) is 10.7. The first kappa shape index (κ1) is 64.5. The number of carbonyl (C=O) groups is 4. The summed E-state index contributed by atoms with van der Waals surface area (Å²) in [6, 6.07) is 0.